The van der Waals surface area contributed by atoms with Gasteiger partial charge in [-0.3, -0.25) is 4.79 Å². The highest BCUT2D eigenvalue weighted by Gasteiger charge is 2.24. The molecule has 0 bridgehead atoms. The van der Waals surface area contributed by atoms with E-state index >= 15 is 0 Å². The van der Waals surface area contributed by atoms with Crippen molar-refractivity contribution in [3.05, 3.63) is 66.9 Å². The molecule has 0 aliphatic heterocycles. The molecular weight excluding hydrogens is 314 g/mol. The number of urea groups is 1. The molecule has 1 unspecified atom stereocenters. The second-order valence-electron chi connectivity index (χ2n) is 5.54. The summed E-state index contributed by atoms with van der Waals surface area (Å²) >= 11 is 0. The van der Waals surface area contributed by atoms with Crippen LogP contribution in [-0.2, 0) is 4.79 Å². The Hall–Kier alpha value is -2.82. The predicted octanol–water partition coefficient (Wildman–Crippen LogP) is 3.68. The van der Waals surface area contributed by atoms with Crippen LogP contribution in [0.15, 0.2) is 61.3 Å². The van der Waals surface area contributed by atoms with Crippen molar-refractivity contribution < 1.29 is 9.59 Å². The molecule has 1 aromatic rings. The Kier molecular flexibility index (Phi) is 8.19. The number of likely N-dealkylation sites (N-methyl/N-ethyl adjacent to an activating group) is 1. The van der Waals surface area contributed by atoms with Crippen molar-refractivity contribution in [2.75, 3.05) is 11.4 Å². The topological polar surface area (TPSA) is 61.4 Å². The van der Waals surface area contributed by atoms with Crippen molar-refractivity contribution in [1.29, 1.82) is 0 Å². The van der Waals surface area contributed by atoms with Crippen LogP contribution in [0.5, 0.6) is 0 Å². The Morgan fingerprint density at radius 1 is 1.20 bits per heavy atom. The number of hydrogen-bond donors (Lipinski definition) is 2. The standard InChI is InChI=1S/C20H27N3O2/c1-6-10-16(7-2)21-20(25)22-18(8-3)19(24)23(9-4)17-13-11-15(5)12-14-17/h6-7,10-14,18H,1-2,8-9H2,3-5H3,(H2,21,22,25)/b16-10+. The number of benzene rings is 1. The van der Waals surface area contributed by atoms with Crippen molar-refractivity contribution in [2.45, 2.75) is 33.2 Å². The molecular formula is C20H27N3O2. The molecule has 1 atom stereocenters. The highest BCUT2D eigenvalue weighted by molar-refractivity contribution is 5.99. The lowest BCUT2D eigenvalue weighted by Crippen LogP contribution is -2.51. The monoisotopic (exact) mass is 341 g/mol. The van der Waals surface area contributed by atoms with Crippen LogP contribution in [0.1, 0.15) is 25.8 Å². The van der Waals surface area contributed by atoms with Crippen LogP contribution in [-0.4, -0.2) is 24.5 Å². The fourth-order valence-electron chi connectivity index (χ4n) is 2.33. The van der Waals surface area contributed by atoms with Crippen LogP contribution in [0.2, 0.25) is 0 Å². The Bertz CT molecular complexity index is 647. The summed E-state index contributed by atoms with van der Waals surface area (Å²) < 4.78 is 0. The third-order valence-corrected chi connectivity index (χ3v) is 3.71. The minimum absolute atomic E-state index is 0.142. The lowest BCUT2D eigenvalue weighted by Gasteiger charge is -2.26. The number of nitrogens with one attached hydrogen (secondary N) is 2. The van der Waals surface area contributed by atoms with Gasteiger partial charge in [0.15, 0.2) is 0 Å². The van der Waals surface area contributed by atoms with E-state index in [4.69, 9.17) is 0 Å². The number of carbonyl (C=O) groups excluding carboxylic acids is 2. The minimum Gasteiger partial charge on any atom is -0.326 e. The van der Waals surface area contributed by atoms with Gasteiger partial charge in [-0.1, -0.05) is 43.9 Å². The van der Waals surface area contributed by atoms with Gasteiger partial charge in [0.2, 0.25) is 5.91 Å². The SMILES string of the molecule is C=C/C=C(\C=C)NC(=O)NC(CC)C(=O)N(CC)c1ccc(C)cc1. The zero-order valence-corrected chi connectivity index (χ0v) is 15.2. The summed E-state index contributed by atoms with van der Waals surface area (Å²) in [6.45, 7) is 13.5. The van der Waals surface area contributed by atoms with Crippen molar-refractivity contribution in [1.82, 2.24) is 10.6 Å². The number of hydrogen-bond acceptors (Lipinski definition) is 2. The Balaban J connectivity index is 2.86. The van der Waals surface area contributed by atoms with Crippen LogP contribution >= 0.6 is 0 Å². The number of carbonyl (C=O) groups is 2. The molecule has 0 saturated heterocycles. The number of nitrogens with zero attached hydrogens (tertiary/aromatic N) is 1. The Morgan fingerprint density at radius 3 is 2.32 bits per heavy atom. The third-order valence-electron chi connectivity index (χ3n) is 3.71. The molecule has 0 fully saturated rings. The van der Waals surface area contributed by atoms with Gasteiger partial charge >= 0.3 is 6.03 Å². The van der Waals surface area contributed by atoms with Crippen LogP contribution in [0.4, 0.5) is 10.5 Å². The maximum Gasteiger partial charge on any atom is 0.319 e. The lowest BCUT2D eigenvalue weighted by atomic mass is 10.1. The number of allylic oxidation sites excluding steroid dienone is 3. The molecule has 1 aromatic carbocycles. The van der Waals surface area contributed by atoms with Crippen LogP contribution in [0.25, 0.3) is 0 Å². The molecule has 5 nitrogen and oxygen atoms in total. The average molecular weight is 341 g/mol. The zero-order chi connectivity index (χ0) is 18.8. The van der Waals surface area contributed by atoms with Crippen molar-refractivity contribution >= 4 is 17.6 Å². The first-order chi connectivity index (χ1) is 12.0. The summed E-state index contributed by atoms with van der Waals surface area (Å²) in [7, 11) is 0. The first-order valence-electron chi connectivity index (χ1n) is 8.37. The van der Waals surface area contributed by atoms with Crippen molar-refractivity contribution in [3.63, 3.8) is 0 Å². The summed E-state index contributed by atoms with van der Waals surface area (Å²) in [6, 6.07) is 6.67. The molecule has 0 aliphatic carbocycles. The number of amides is 3. The second-order valence-corrected chi connectivity index (χ2v) is 5.54. The summed E-state index contributed by atoms with van der Waals surface area (Å²) in [5.74, 6) is -0.142. The van der Waals surface area contributed by atoms with Crippen LogP contribution < -0.4 is 15.5 Å². The van der Waals surface area contributed by atoms with Gasteiger partial charge in [0.25, 0.3) is 0 Å². The van der Waals surface area contributed by atoms with E-state index in [0.717, 1.165) is 11.3 Å². The first-order valence-corrected chi connectivity index (χ1v) is 8.37. The van der Waals surface area contributed by atoms with Gasteiger partial charge in [-0.25, -0.2) is 4.79 Å². The minimum atomic E-state index is -0.615. The first kappa shape index (κ1) is 20.2. The van der Waals surface area contributed by atoms with Gasteiger partial charge in [-0.05, 0) is 44.6 Å². The summed E-state index contributed by atoms with van der Waals surface area (Å²) in [5, 5.41) is 5.36. The van der Waals surface area contributed by atoms with E-state index in [1.807, 2.05) is 45.0 Å². The molecule has 3 amide bonds. The third kappa shape index (κ3) is 5.95. The van der Waals surface area contributed by atoms with E-state index in [0.29, 0.717) is 18.7 Å². The maximum absolute atomic E-state index is 12.8. The largest absolute Gasteiger partial charge is 0.326 e. The molecule has 0 saturated carbocycles. The molecule has 0 aromatic heterocycles. The highest BCUT2D eigenvalue weighted by atomic mass is 16.2. The average Bonchev–Trinajstić information content (AvgIpc) is 2.61. The highest BCUT2D eigenvalue weighted by Crippen LogP contribution is 2.16. The van der Waals surface area contributed by atoms with Gasteiger partial charge in [0.1, 0.15) is 6.04 Å². The predicted molar refractivity (Wildman–Crippen MR) is 103 cm³/mol. The van der Waals surface area contributed by atoms with Crippen LogP contribution in [0, 0.1) is 6.92 Å². The fourth-order valence-corrected chi connectivity index (χ4v) is 2.33. The fraction of sp³-hybridized carbons (Fsp3) is 0.300. The van der Waals surface area contributed by atoms with E-state index in [1.54, 1.807) is 17.1 Å². The summed E-state index contributed by atoms with van der Waals surface area (Å²) in [6.07, 6.45) is 5.17. The van der Waals surface area contributed by atoms with Gasteiger partial charge in [0, 0.05) is 17.9 Å². The zero-order valence-electron chi connectivity index (χ0n) is 15.2. The van der Waals surface area contributed by atoms with E-state index in [1.165, 1.54) is 6.08 Å². The molecule has 0 heterocycles. The summed E-state index contributed by atoms with van der Waals surface area (Å²) in [4.78, 5) is 26.6. The number of anilines is 1. The normalized spacial score (nSPS) is 12.0. The molecule has 0 aliphatic rings. The van der Waals surface area contributed by atoms with Crippen LogP contribution in [0.3, 0.4) is 0 Å². The van der Waals surface area contributed by atoms with Gasteiger partial charge in [-0.15, -0.1) is 0 Å². The van der Waals surface area contributed by atoms with E-state index in [9.17, 15) is 9.59 Å². The number of rotatable bonds is 8. The maximum atomic E-state index is 12.8. The Labute approximate surface area is 150 Å². The number of aryl methyl sites for hydroxylation is 1. The quantitative estimate of drug-likeness (QED) is 0.709. The lowest BCUT2D eigenvalue weighted by molar-refractivity contribution is -0.120. The van der Waals surface area contributed by atoms with E-state index in [-0.39, 0.29) is 5.91 Å². The molecule has 5 heteroatoms. The molecule has 134 valence electrons. The molecule has 2 N–H and O–H groups in total. The molecule has 0 spiro atoms. The van der Waals surface area contributed by atoms with Gasteiger partial charge in [-0.2, -0.15) is 0 Å². The Morgan fingerprint density at radius 2 is 1.84 bits per heavy atom. The van der Waals surface area contributed by atoms with Crippen molar-refractivity contribution in [3.8, 4) is 0 Å². The molecule has 0 radical (unpaired) electrons. The molecule has 25 heavy (non-hydrogen) atoms. The van der Waals surface area contributed by atoms with E-state index in [2.05, 4.69) is 23.8 Å². The smallest absolute Gasteiger partial charge is 0.319 e. The molecule has 1 rings (SSSR count). The van der Waals surface area contributed by atoms with E-state index < -0.39 is 12.1 Å². The van der Waals surface area contributed by atoms with Crippen molar-refractivity contribution in [2.24, 2.45) is 0 Å². The summed E-state index contributed by atoms with van der Waals surface area (Å²) in [5.41, 5.74) is 2.46. The second kappa shape index (κ2) is 10.1. The van der Waals surface area contributed by atoms with Gasteiger partial charge in [0.05, 0.1) is 0 Å². The van der Waals surface area contributed by atoms with Gasteiger partial charge < -0.3 is 15.5 Å².